The first-order chi connectivity index (χ1) is 16.3. The Labute approximate surface area is 199 Å². The lowest BCUT2D eigenvalue weighted by Gasteiger charge is -2.26. The highest BCUT2D eigenvalue weighted by Crippen LogP contribution is 2.54. The normalized spacial score (nSPS) is 15.5. The predicted octanol–water partition coefficient (Wildman–Crippen LogP) is 3.59. The Morgan fingerprint density at radius 2 is 1.29 bits per heavy atom. The van der Waals surface area contributed by atoms with E-state index >= 15 is 0 Å². The van der Waals surface area contributed by atoms with Gasteiger partial charge < -0.3 is 21.1 Å². The molecule has 3 aromatic rings. The van der Waals surface area contributed by atoms with Crippen molar-refractivity contribution in [2.45, 2.75) is 24.7 Å². The quantitative estimate of drug-likeness (QED) is 0.311. The van der Waals surface area contributed by atoms with Crippen LogP contribution in [0.25, 0.3) is 0 Å². The van der Waals surface area contributed by atoms with E-state index in [2.05, 4.69) is 5.32 Å². The average molecular weight is 481 g/mol. The van der Waals surface area contributed by atoms with E-state index in [4.69, 9.17) is 5.73 Å². The number of carbonyl (C=O) groups is 2. The molecule has 0 spiro atoms. The molecule has 0 fully saturated rings. The van der Waals surface area contributed by atoms with Crippen molar-refractivity contribution in [3.05, 3.63) is 108 Å². The van der Waals surface area contributed by atoms with Crippen molar-refractivity contribution in [1.29, 1.82) is 0 Å². The summed E-state index contributed by atoms with van der Waals surface area (Å²) in [7, 11) is -4.02. The second kappa shape index (κ2) is 11.7. The van der Waals surface area contributed by atoms with Gasteiger partial charge in [0.2, 0.25) is 13.3 Å². The van der Waals surface area contributed by atoms with E-state index in [1.165, 1.54) is 0 Å². The third-order valence-corrected chi connectivity index (χ3v) is 7.78. The number of hydrogen-bond donors (Lipinski definition) is 4. The van der Waals surface area contributed by atoms with Crippen molar-refractivity contribution in [2.75, 3.05) is 6.16 Å². The van der Waals surface area contributed by atoms with Gasteiger partial charge in [0.15, 0.2) is 0 Å². The van der Waals surface area contributed by atoms with Crippen LogP contribution in [0, 0.1) is 5.92 Å². The number of nitrogens with one attached hydrogen (secondary N) is 1. The number of carboxylic acids is 1. The minimum atomic E-state index is -4.02. The number of hydrogen-bond acceptors (Lipinski definition) is 4. The van der Waals surface area contributed by atoms with Crippen LogP contribution in [0.5, 0.6) is 0 Å². The molecule has 0 radical (unpaired) electrons. The molecule has 34 heavy (non-hydrogen) atoms. The summed E-state index contributed by atoms with van der Waals surface area (Å²) in [5, 5.41) is 12.3. The predicted molar refractivity (Wildman–Crippen MR) is 131 cm³/mol. The van der Waals surface area contributed by atoms with Gasteiger partial charge in [-0.2, -0.15) is 0 Å². The number of carboxylic acid groups (broad SMARTS) is 1. The van der Waals surface area contributed by atoms with Crippen LogP contribution < -0.4 is 11.1 Å². The van der Waals surface area contributed by atoms with Gasteiger partial charge in [-0.15, -0.1) is 0 Å². The molecule has 5 N–H and O–H groups in total. The fourth-order valence-electron chi connectivity index (χ4n) is 3.79. The number of benzene rings is 3. The van der Waals surface area contributed by atoms with Crippen LogP contribution in [0.1, 0.15) is 22.5 Å². The van der Waals surface area contributed by atoms with Gasteiger partial charge in [-0.25, -0.2) is 4.79 Å². The molecule has 2 unspecified atom stereocenters. The van der Waals surface area contributed by atoms with Gasteiger partial charge in [0.25, 0.3) is 0 Å². The van der Waals surface area contributed by atoms with Crippen molar-refractivity contribution in [2.24, 2.45) is 11.7 Å². The molecule has 0 aromatic heterocycles. The highest BCUT2D eigenvalue weighted by molar-refractivity contribution is 7.58. The Hall–Kier alpha value is -3.25. The molecule has 3 rings (SSSR count). The summed E-state index contributed by atoms with van der Waals surface area (Å²) in [6, 6.07) is 25.5. The largest absolute Gasteiger partial charge is 0.480 e. The van der Waals surface area contributed by atoms with E-state index < -0.39 is 37.0 Å². The highest BCUT2D eigenvalue weighted by atomic mass is 31.2. The van der Waals surface area contributed by atoms with Crippen molar-refractivity contribution in [3.8, 4) is 0 Å². The maximum absolute atomic E-state index is 13.3. The summed E-state index contributed by atoms with van der Waals surface area (Å²) < 4.78 is 13.3. The van der Waals surface area contributed by atoms with Gasteiger partial charge >= 0.3 is 5.97 Å². The first kappa shape index (κ1) is 25.4. The zero-order valence-electron chi connectivity index (χ0n) is 18.7. The van der Waals surface area contributed by atoms with E-state index in [1.54, 1.807) is 54.6 Å². The fraction of sp³-hybridized carbons (Fsp3) is 0.231. The van der Waals surface area contributed by atoms with Gasteiger partial charge in [-0.1, -0.05) is 91.0 Å². The molecular formula is C26H29N2O5P. The highest BCUT2D eigenvalue weighted by Gasteiger charge is 2.36. The number of rotatable bonds is 11. The minimum absolute atomic E-state index is 0.0975. The van der Waals surface area contributed by atoms with Crippen LogP contribution in [0.4, 0.5) is 0 Å². The Balaban J connectivity index is 1.81. The zero-order valence-corrected chi connectivity index (χ0v) is 19.6. The molecule has 0 aliphatic rings. The average Bonchev–Trinajstić information content (AvgIpc) is 2.84. The Morgan fingerprint density at radius 1 is 0.824 bits per heavy atom. The lowest BCUT2D eigenvalue weighted by molar-refractivity contribution is -0.142. The lowest BCUT2D eigenvalue weighted by atomic mass is 9.99. The Bertz CT molecular complexity index is 1130. The number of nitrogens with two attached hydrogens (primary N) is 1. The molecular weight excluding hydrogens is 451 g/mol. The summed E-state index contributed by atoms with van der Waals surface area (Å²) in [5.41, 5.74) is 8.18. The van der Waals surface area contributed by atoms with Crippen LogP contribution in [0.2, 0.25) is 0 Å². The third kappa shape index (κ3) is 7.12. The van der Waals surface area contributed by atoms with Gasteiger partial charge in [-0.3, -0.25) is 9.36 Å². The van der Waals surface area contributed by atoms with Crippen LogP contribution in [-0.4, -0.2) is 34.1 Å². The van der Waals surface area contributed by atoms with Crippen molar-refractivity contribution in [3.63, 3.8) is 0 Å². The summed E-state index contributed by atoms with van der Waals surface area (Å²) in [5.74, 6) is -3.87. The molecule has 4 atom stereocenters. The summed E-state index contributed by atoms with van der Waals surface area (Å²) in [4.78, 5) is 35.9. The summed E-state index contributed by atoms with van der Waals surface area (Å²) in [6.07, 6.45) is -0.0990. The van der Waals surface area contributed by atoms with E-state index in [0.717, 1.165) is 11.1 Å². The second-order valence-electron chi connectivity index (χ2n) is 8.27. The molecule has 0 heterocycles. The third-order valence-electron chi connectivity index (χ3n) is 5.65. The van der Waals surface area contributed by atoms with Crippen molar-refractivity contribution < 1.29 is 24.2 Å². The zero-order chi connectivity index (χ0) is 24.6. The maximum Gasteiger partial charge on any atom is 0.326 e. The van der Waals surface area contributed by atoms with Crippen LogP contribution in [0.15, 0.2) is 91.0 Å². The van der Waals surface area contributed by atoms with Crippen LogP contribution in [-0.2, 0) is 27.0 Å². The number of aliphatic carboxylic acids is 1. The monoisotopic (exact) mass is 480 g/mol. The summed E-state index contributed by atoms with van der Waals surface area (Å²) in [6.45, 7) is 0. The van der Waals surface area contributed by atoms with Gasteiger partial charge in [0, 0.05) is 12.6 Å². The molecule has 7 nitrogen and oxygen atoms in total. The Morgan fingerprint density at radius 3 is 1.79 bits per heavy atom. The first-order valence-electron chi connectivity index (χ1n) is 11.0. The molecule has 0 bridgehead atoms. The molecule has 0 aliphatic heterocycles. The van der Waals surface area contributed by atoms with Gasteiger partial charge in [0.1, 0.15) is 11.8 Å². The molecule has 8 heteroatoms. The lowest BCUT2D eigenvalue weighted by Crippen LogP contribution is -2.46. The molecule has 0 aliphatic carbocycles. The van der Waals surface area contributed by atoms with Gasteiger partial charge in [-0.05, 0) is 23.1 Å². The van der Waals surface area contributed by atoms with E-state index in [-0.39, 0.29) is 19.0 Å². The van der Waals surface area contributed by atoms with E-state index in [9.17, 15) is 24.2 Å². The fourth-order valence-corrected chi connectivity index (χ4v) is 5.58. The second-order valence-corrected chi connectivity index (χ2v) is 10.7. The number of carbonyl (C=O) groups excluding carboxylic acids is 1. The maximum atomic E-state index is 13.3. The smallest absolute Gasteiger partial charge is 0.326 e. The first-order valence-corrected chi connectivity index (χ1v) is 12.9. The minimum Gasteiger partial charge on any atom is -0.480 e. The van der Waals surface area contributed by atoms with Crippen LogP contribution in [0.3, 0.4) is 0 Å². The van der Waals surface area contributed by atoms with Crippen molar-refractivity contribution >= 4 is 19.2 Å². The SMILES string of the molecule is NC(c1ccccc1)P(=O)(O)C[C@@H](Cc1ccccc1)C(=O)N[C@@H](Cc1ccccc1)C(=O)O. The molecule has 178 valence electrons. The van der Waals surface area contributed by atoms with E-state index in [0.29, 0.717) is 5.56 Å². The van der Waals surface area contributed by atoms with Gasteiger partial charge in [0.05, 0.1) is 5.92 Å². The Kier molecular flexibility index (Phi) is 8.77. The molecule has 3 aromatic carbocycles. The topological polar surface area (TPSA) is 130 Å². The number of amides is 1. The standard InChI is InChI=1S/C26H29N2O5P/c27-24(21-14-8-3-9-15-21)34(32,33)18-22(16-19-10-4-1-5-11-19)25(29)28-23(26(30)31)17-20-12-6-2-7-13-20/h1-15,22-24H,16-18,27H2,(H,28,29)(H,30,31)(H,32,33)/t22-,23+,24?/m1/s1. The van der Waals surface area contributed by atoms with Crippen LogP contribution >= 0.6 is 7.37 Å². The summed E-state index contributed by atoms with van der Waals surface area (Å²) >= 11 is 0. The van der Waals surface area contributed by atoms with E-state index in [1.807, 2.05) is 36.4 Å². The molecule has 0 saturated heterocycles. The molecule has 1 amide bonds. The van der Waals surface area contributed by atoms with Crippen molar-refractivity contribution in [1.82, 2.24) is 5.32 Å². The molecule has 0 saturated carbocycles.